The van der Waals surface area contributed by atoms with E-state index in [-0.39, 0.29) is 23.5 Å². The Morgan fingerprint density at radius 3 is 2.54 bits per heavy atom. The van der Waals surface area contributed by atoms with Gasteiger partial charge >= 0.3 is 0 Å². The zero-order valence-electron chi connectivity index (χ0n) is 14.5. The number of benzene rings is 2. The summed E-state index contributed by atoms with van der Waals surface area (Å²) in [6.07, 6.45) is 1.84. The fourth-order valence-electron chi connectivity index (χ4n) is 3.07. The summed E-state index contributed by atoms with van der Waals surface area (Å²) in [6.45, 7) is 0.841. The van der Waals surface area contributed by atoms with Crippen molar-refractivity contribution in [3.63, 3.8) is 0 Å². The average molecular weight is 356 g/mol. The van der Waals surface area contributed by atoms with Gasteiger partial charge in [-0.15, -0.1) is 0 Å². The molecule has 1 fully saturated rings. The maximum atomic E-state index is 14.1. The van der Waals surface area contributed by atoms with E-state index in [1.54, 1.807) is 31.3 Å². The van der Waals surface area contributed by atoms with Crippen molar-refractivity contribution in [2.24, 2.45) is 4.99 Å². The third kappa shape index (κ3) is 3.82. The van der Waals surface area contributed by atoms with Crippen molar-refractivity contribution in [3.8, 4) is 0 Å². The molecule has 1 aliphatic carbocycles. The molecular formula is C19H21FN4O2. The standard InChI is InChI=1S/C19H21FN4O2/c1-21-18(22-12-14-6-2-5-9-17(14)24(25)26)23-13-19(10-11-19)15-7-3-4-8-16(15)20/h2-9H,10-13H2,1H3,(H2,21,22,23). The van der Waals surface area contributed by atoms with Crippen molar-refractivity contribution < 1.29 is 9.31 Å². The zero-order chi connectivity index (χ0) is 18.6. The van der Waals surface area contributed by atoms with Gasteiger partial charge in [-0.2, -0.15) is 0 Å². The van der Waals surface area contributed by atoms with Crippen LogP contribution >= 0.6 is 0 Å². The molecule has 1 aliphatic rings. The minimum Gasteiger partial charge on any atom is -0.356 e. The monoisotopic (exact) mass is 356 g/mol. The molecule has 0 unspecified atom stereocenters. The Morgan fingerprint density at radius 1 is 1.19 bits per heavy atom. The number of nitro groups is 1. The number of hydrogen-bond donors (Lipinski definition) is 2. The molecule has 0 aliphatic heterocycles. The number of halogens is 1. The van der Waals surface area contributed by atoms with Crippen LogP contribution in [0.1, 0.15) is 24.0 Å². The van der Waals surface area contributed by atoms with E-state index in [1.165, 1.54) is 12.1 Å². The first kappa shape index (κ1) is 17.8. The van der Waals surface area contributed by atoms with Gasteiger partial charge in [-0.05, 0) is 24.5 Å². The van der Waals surface area contributed by atoms with E-state index in [0.29, 0.717) is 18.1 Å². The van der Waals surface area contributed by atoms with Gasteiger partial charge in [0.05, 0.1) is 4.92 Å². The first-order valence-corrected chi connectivity index (χ1v) is 8.47. The van der Waals surface area contributed by atoms with Crippen LogP contribution in [-0.2, 0) is 12.0 Å². The minimum absolute atomic E-state index is 0.0699. The summed E-state index contributed by atoms with van der Waals surface area (Å²) in [4.78, 5) is 14.8. The number of nitro benzene ring substituents is 1. The number of para-hydroxylation sites is 1. The van der Waals surface area contributed by atoms with Crippen LogP contribution in [0, 0.1) is 15.9 Å². The van der Waals surface area contributed by atoms with E-state index in [2.05, 4.69) is 15.6 Å². The van der Waals surface area contributed by atoms with Crippen LogP contribution in [-0.4, -0.2) is 24.5 Å². The molecule has 26 heavy (non-hydrogen) atoms. The molecule has 7 heteroatoms. The van der Waals surface area contributed by atoms with Crippen molar-refractivity contribution >= 4 is 11.6 Å². The highest BCUT2D eigenvalue weighted by Gasteiger charge is 2.45. The molecule has 2 N–H and O–H groups in total. The van der Waals surface area contributed by atoms with Crippen LogP contribution in [0.2, 0.25) is 0 Å². The Morgan fingerprint density at radius 2 is 1.88 bits per heavy atom. The van der Waals surface area contributed by atoms with Gasteiger partial charge in [0.15, 0.2) is 5.96 Å². The molecule has 0 heterocycles. The largest absolute Gasteiger partial charge is 0.356 e. The Kier molecular flexibility index (Phi) is 5.16. The van der Waals surface area contributed by atoms with Crippen molar-refractivity contribution in [2.75, 3.05) is 13.6 Å². The molecule has 0 saturated heterocycles. The fourth-order valence-corrected chi connectivity index (χ4v) is 3.07. The lowest BCUT2D eigenvalue weighted by Crippen LogP contribution is -2.41. The summed E-state index contributed by atoms with van der Waals surface area (Å²) in [5.41, 5.74) is 1.17. The van der Waals surface area contributed by atoms with Crippen molar-refractivity contribution in [1.82, 2.24) is 10.6 Å². The predicted octanol–water partition coefficient (Wildman–Crippen LogP) is 3.13. The van der Waals surface area contributed by atoms with Gasteiger partial charge in [0.2, 0.25) is 0 Å². The molecule has 6 nitrogen and oxygen atoms in total. The summed E-state index contributed by atoms with van der Waals surface area (Å²) >= 11 is 0. The third-order valence-electron chi connectivity index (χ3n) is 4.75. The molecule has 0 spiro atoms. The van der Waals surface area contributed by atoms with Crippen molar-refractivity contribution in [2.45, 2.75) is 24.8 Å². The van der Waals surface area contributed by atoms with Gasteiger partial charge in [0.25, 0.3) is 5.69 Å². The molecule has 2 aromatic rings. The van der Waals surface area contributed by atoms with Gasteiger partial charge in [-0.3, -0.25) is 15.1 Å². The molecular weight excluding hydrogens is 335 g/mol. The quantitative estimate of drug-likeness (QED) is 0.361. The second-order valence-corrected chi connectivity index (χ2v) is 6.43. The molecule has 0 amide bonds. The number of nitrogens with one attached hydrogen (secondary N) is 2. The molecule has 0 radical (unpaired) electrons. The summed E-state index contributed by atoms with van der Waals surface area (Å²) in [5, 5.41) is 17.4. The molecule has 0 aromatic heterocycles. The lowest BCUT2D eigenvalue weighted by molar-refractivity contribution is -0.385. The highest BCUT2D eigenvalue weighted by Crippen LogP contribution is 2.48. The van der Waals surface area contributed by atoms with Gasteiger partial charge in [-0.1, -0.05) is 36.4 Å². The number of hydrogen-bond acceptors (Lipinski definition) is 3. The molecule has 0 atom stereocenters. The molecule has 2 aromatic carbocycles. The number of guanidine groups is 1. The van der Waals surface area contributed by atoms with Crippen LogP contribution in [0.25, 0.3) is 0 Å². The molecule has 136 valence electrons. The van der Waals surface area contributed by atoms with Gasteiger partial charge in [0, 0.05) is 37.2 Å². The number of nitrogens with zero attached hydrogens (tertiary/aromatic N) is 2. The van der Waals surface area contributed by atoms with Gasteiger partial charge in [0.1, 0.15) is 5.82 Å². The van der Waals surface area contributed by atoms with Crippen LogP contribution in [0.3, 0.4) is 0 Å². The van der Waals surface area contributed by atoms with E-state index >= 15 is 0 Å². The van der Waals surface area contributed by atoms with Crippen LogP contribution < -0.4 is 10.6 Å². The van der Waals surface area contributed by atoms with Crippen molar-refractivity contribution in [1.29, 1.82) is 0 Å². The lowest BCUT2D eigenvalue weighted by Gasteiger charge is -2.19. The fraction of sp³-hybridized carbons (Fsp3) is 0.316. The minimum atomic E-state index is -0.398. The van der Waals surface area contributed by atoms with Crippen LogP contribution in [0.4, 0.5) is 10.1 Å². The first-order valence-electron chi connectivity index (χ1n) is 8.47. The van der Waals surface area contributed by atoms with Crippen LogP contribution in [0.5, 0.6) is 0 Å². The normalized spacial score (nSPS) is 15.4. The summed E-state index contributed by atoms with van der Waals surface area (Å²) in [6, 6.07) is 13.4. The highest BCUT2D eigenvalue weighted by molar-refractivity contribution is 5.80. The summed E-state index contributed by atoms with van der Waals surface area (Å²) in [7, 11) is 1.64. The highest BCUT2D eigenvalue weighted by atomic mass is 19.1. The molecule has 0 bridgehead atoms. The second kappa shape index (κ2) is 7.51. The van der Waals surface area contributed by atoms with E-state index in [1.807, 2.05) is 12.1 Å². The average Bonchev–Trinajstić information content (AvgIpc) is 3.43. The van der Waals surface area contributed by atoms with Gasteiger partial charge in [-0.25, -0.2) is 4.39 Å². The maximum Gasteiger partial charge on any atom is 0.274 e. The Bertz CT molecular complexity index is 834. The number of rotatable bonds is 6. The van der Waals surface area contributed by atoms with Crippen molar-refractivity contribution in [3.05, 3.63) is 75.6 Å². The molecule has 3 rings (SSSR count). The van der Waals surface area contributed by atoms with Crippen LogP contribution in [0.15, 0.2) is 53.5 Å². The Balaban J connectivity index is 1.61. The molecule has 1 saturated carbocycles. The smallest absolute Gasteiger partial charge is 0.274 e. The van der Waals surface area contributed by atoms with E-state index < -0.39 is 4.92 Å². The maximum absolute atomic E-state index is 14.1. The SMILES string of the molecule is CN=C(NCc1ccccc1[N+](=O)[O-])NCC1(c2ccccc2F)CC1. The third-order valence-corrected chi connectivity index (χ3v) is 4.75. The Labute approximate surface area is 151 Å². The van der Waals surface area contributed by atoms with E-state index in [9.17, 15) is 14.5 Å². The second-order valence-electron chi connectivity index (χ2n) is 6.43. The lowest BCUT2D eigenvalue weighted by atomic mass is 9.95. The van der Waals surface area contributed by atoms with E-state index in [4.69, 9.17) is 0 Å². The zero-order valence-corrected chi connectivity index (χ0v) is 14.5. The van der Waals surface area contributed by atoms with Gasteiger partial charge < -0.3 is 10.6 Å². The number of aliphatic imine (C=N–C) groups is 1. The Hall–Kier alpha value is -2.96. The predicted molar refractivity (Wildman–Crippen MR) is 98.6 cm³/mol. The van der Waals surface area contributed by atoms with E-state index in [0.717, 1.165) is 18.4 Å². The first-order chi connectivity index (χ1) is 12.6. The summed E-state index contributed by atoms with van der Waals surface area (Å²) in [5.74, 6) is 0.348. The summed E-state index contributed by atoms with van der Waals surface area (Å²) < 4.78 is 14.1. The topological polar surface area (TPSA) is 79.6 Å².